The fraction of sp³-hybridized carbons (Fsp3) is 0.467. The Labute approximate surface area is 127 Å². The van der Waals surface area contributed by atoms with Crippen LogP contribution in [0.1, 0.15) is 37.0 Å². The molecular weight excluding hydrogens is 320 g/mol. The van der Waals surface area contributed by atoms with E-state index in [1.807, 2.05) is 18.2 Å². The Bertz CT molecular complexity index is 545. The minimum atomic E-state index is -0.261. The van der Waals surface area contributed by atoms with Crippen molar-refractivity contribution in [2.75, 3.05) is 11.4 Å². The Hall–Kier alpha value is -1.36. The molecule has 1 aliphatic rings. The molecule has 2 N–H and O–H groups in total. The van der Waals surface area contributed by atoms with E-state index in [1.165, 1.54) is 0 Å². The zero-order chi connectivity index (χ0) is 14.9. The molecule has 0 bridgehead atoms. The Morgan fingerprint density at radius 1 is 1.35 bits per heavy atom. The van der Waals surface area contributed by atoms with E-state index in [0.29, 0.717) is 18.2 Å². The minimum absolute atomic E-state index is 0.0229. The smallest absolute Gasteiger partial charge is 0.222 e. The van der Waals surface area contributed by atoms with Gasteiger partial charge in [0.05, 0.1) is 5.92 Å². The highest BCUT2D eigenvalue weighted by molar-refractivity contribution is 9.10. The van der Waals surface area contributed by atoms with Gasteiger partial charge in [0.25, 0.3) is 0 Å². The van der Waals surface area contributed by atoms with Crippen molar-refractivity contribution in [3.63, 3.8) is 0 Å². The molecule has 2 unspecified atom stereocenters. The van der Waals surface area contributed by atoms with Crippen LogP contribution in [-0.2, 0) is 4.79 Å². The Morgan fingerprint density at radius 2 is 2.05 bits per heavy atom. The van der Waals surface area contributed by atoms with Crippen molar-refractivity contribution in [3.05, 3.63) is 28.2 Å². The second-order valence-electron chi connectivity index (χ2n) is 5.40. The molecule has 2 atom stereocenters. The van der Waals surface area contributed by atoms with Crippen molar-refractivity contribution >= 4 is 33.3 Å². The van der Waals surface area contributed by atoms with Crippen LogP contribution in [0.3, 0.4) is 0 Å². The number of hydrogen-bond donors (Lipinski definition) is 1. The molecule has 1 amide bonds. The number of anilines is 1. The zero-order valence-electron chi connectivity index (χ0n) is 11.7. The first-order valence-electron chi connectivity index (χ1n) is 6.76. The highest BCUT2D eigenvalue weighted by atomic mass is 79.9. The maximum atomic E-state index is 11.8. The number of nitrogens with two attached hydrogens (primary N) is 1. The van der Waals surface area contributed by atoms with Gasteiger partial charge in [-0.15, -0.1) is 0 Å². The number of carbonyl (C=O) groups excluding carboxylic acids is 2. The van der Waals surface area contributed by atoms with Crippen molar-refractivity contribution in [1.82, 2.24) is 0 Å². The van der Waals surface area contributed by atoms with E-state index >= 15 is 0 Å². The van der Waals surface area contributed by atoms with E-state index in [1.54, 1.807) is 6.92 Å². The molecule has 1 saturated heterocycles. The molecule has 1 fully saturated rings. The number of carbonyl (C=O) groups is 2. The third-order valence-corrected chi connectivity index (χ3v) is 4.42. The number of primary amides is 1. The topological polar surface area (TPSA) is 63.4 Å². The van der Waals surface area contributed by atoms with Gasteiger partial charge in [0.15, 0.2) is 5.78 Å². The van der Waals surface area contributed by atoms with Crippen LogP contribution in [0.2, 0.25) is 0 Å². The second kappa shape index (κ2) is 5.95. The Balaban J connectivity index is 2.38. The molecule has 0 aromatic heterocycles. The lowest BCUT2D eigenvalue weighted by Crippen LogP contribution is -2.46. The number of halogens is 1. The van der Waals surface area contributed by atoms with E-state index in [-0.39, 0.29) is 17.6 Å². The van der Waals surface area contributed by atoms with Crippen LogP contribution in [0.25, 0.3) is 0 Å². The number of benzene rings is 1. The standard InChI is InChI=1S/C15H19BrN2O2/c1-9-3-4-11(15(17)20)8-18(9)14-6-5-12(16)7-13(14)10(2)19/h5-7,9,11H,3-4,8H2,1-2H3,(H2,17,20). The molecule has 1 aromatic carbocycles. The van der Waals surface area contributed by atoms with Gasteiger partial charge in [-0.1, -0.05) is 15.9 Å². The van der Waals surface area contributed by atoms with Crippen LogP contribution in [0.4, 0.5) is 5.69 Å². The van der Waals surface area contributed by atoms with Crippen molar-refractivity contribution in [3.8, 4) is 0 Å². The van der Waals surface area contributed by atoms with Crippen LogP contribution in [0.15, 0.2) is 22.7 Å². The number of Topliss-reactive ketones (excluding diaryl/α,β-unsaturated/α-hetero) is 1. The molecule has 1 aromatic rings. The van der Waals surface area contributed by atoms with Gasteiger partial charge in [-0.2, -0.15) is 0 Å². The van der Waals surface area contributed by atoms with E-state index in [9.17, 15) is 9.59 Å². The summed E-state index contributed by atoms with van der Waals surface area (Å²) in [5, 5.41) is 0. The summed E-state index contributed by atoms with van der Waals surface area (Å²) in [6.45, 7) is 4.26. The molecular formula is C15H19BrN2O2. The van der Waals surface area contributed by atoms with Crippen molar-refractivity contribution in [2.24, 2.45) is 11.7 Å². The van der Waals surface area contributed by atoms with E-state index in [0.717, 1.165) is 23.0 Å². The normalized spacial score (nSPS) is 22.6. The lowest BCUT2D eigenvalue weighted by molar-refractivity contribution is -0.122. The predicted octanol–water partition coefficient (Wildman–Crippen LogP) is 2.74. The molecule has 1 aliphatic heterocycles. The molecule has 0 saturated carbocycles. The highest BCUT2D eigenvalue weighted by Crippen LogP contribution is 2.32. The Kier molecular flexibility index (Phi) is 4.48. The molecule has 1 heterocycles. The number of hydrogen-bond acceptors (Lipinski definition) is 3. The van der Waals surface area contributed by atoms with Gasteiger partial charge < -0.3 is 10.6 Å². The summed E-state index contributed by atoms with van der Waals surface area (Å²) >= 11 is 3.39. The number of piperidine rings is 1. The van der Waals surface area contributed by atoms with Gasteiger partial charge >= 0.3 is 0 Å². The largest absolute Gasteiger partial charge is 0.369 e. The molecule has 2 rings (SSSR count). The summed E-state index contributed by atoms with van der Waals surface area (Å²) in [5.41, 5.74) is 7.00. The van der Waals surface area contributed by atoms with Crippen molar-refractivity contribution < 1.29 is 9.59 Å². The van der Waals surface area contributed by atoms with Crippen LogP contribution in [-0.4, -0.2) is 24.3 Å². The number of amides is 1. The van der Waals surface area contributed by atoms with E-state index in [4.69, 9.17) is 5.73 Å². The molecule has 108 valence electrons. The van der Waals surface area contributed by atoms with Gasteiger partial charge in [-0.3, -0.25) is 9.59 Å². The average molecular weight is 339 g/mol. The molecule has 5 heteroatoms. The van der Waals surface area contributed by atoms with Crippen LogP contribution >= 0.6 is 15.9 Å². The summed E-state index contributed by atoms with van der Waals surface area (Å²) in [6, 6.07) is 5.98. The van der Waals surface area contributed by atoms with Crippen LogP contribution in [0, 0.1) is 5.92 Å². The first-order chi connectivity index (χ1) is 9.40. The molecule has 0 aliphatic carbocycles. The number of rotatable bonds is 3. The summed E-state index contributed by atoms with van der Waals surface area (Å²) in [4.78, 5) is 25.4. The first-order valence-corrected chi connectivity index (χ1v) is 7.56. The zero-order valence-corrected chi connectivity index (χ0v) is 13.3. The lowest BCUT2D eigenvalue weighted by atomic mass is 9.91. The first kappa shape index (κ1) is 15.0. The lowest BCUT2D eigenvalue weighted by Gasteiger charge is -2.39. The molecule has 0 radical (unpaired) electrons. The summed E-state index contributed by atoms with van der Waals surface area (Å²) in [7, 11) is 0. The average Bonchev–Trinajstić information content (AvgIpc) is 2.39. The fourth-order valence-corrected chi connectivity index (χ4v) is 3.08. The third-order valence-electron chi connectivity index (χ3n) is 3.93. The predicted molar refractivity (Wildman–Crippen MR) is 82.9 cm³/mol. The number of nitrogens with zero attached hydrogens (tertiary/aromatic N) is 1. The third kappa shape index (κ3) is 3.03. The van der Waals surface area contributed by atoms with Gasteiger partial charge in [0.2, 0.25) is 5.91 Å². The van der Waals surface area contributed by atoms with Gasteiger partial charge in [0, 0.05) is 28.3 Å². The fourth-order valence-electron chi connectivity index (χ4n) is 2.72. The minimum Gasteiger partial charge on any atom is -0.369 e. The maximum absolute atomic E-state index is 11.8. The van der Waals surface area contributed by atoms with E-state index in [2.05, 4.69) is 27.8 Å². The summed E-state index contributed by atoms with van der Waals surface area (Å²) < 4.78 is 0.877. The van der Waals surface area contributed by atoms with Crippen molar-refractivity contribution in [1.29, 1.82) is 0 Å². The Morgan fingerprint density at radius 3 is 2.65 bits per heavy atom. The van der Waals surface area contributed by atoms with E-state index < -0.39 is 0 Å². The van der Waals surface area contributed by atoms with Gasteiger partial charge in [0.1, 0.15) is 0 Å². The van der Waals surface area contributed by atoms with Gasteiger partial charge in [-0.25, -0.2) is 0 Å². The SMILES string of the molecule is CC(=O)c1cc(Br)ccc1N1CC(C(N)=O)CCC1C. The molecule has 20 heavy (non-hydrogen) atoms. The monoisotopic (exact) mass is 338 g/mol. The second-order valence-corrected chi connectivity index (χ2v) is 6.31. The van der Waals surface area contributed by atoms with Crippen LogP contribution < -0.4 is 10.6 Å². The number of ketones is 1. The van der Waals surface area contributed by atoms with Gasteiger partial charge in [-0.05, 0) is 44.9 Å². The summed E-state index contributed by atoms with van der Waals surface area (Å²) in [6.07, 6.45) is 1.72. The molecule has 4 nitrogen and oxygen atoms in total. The quantitative estimate of drug-likeness (QED) is 0.862. The highest BCUT2D eigenvalue weighted by Gasteiger charge is 2.30. The summed E-state index contributed by atoms with van der Waals surface area (Å²) in [5.74, 6) is -0.382. The van der Waals surface area contributed by atoms with Crippen molar-refractivity contribution in [2.45, 2.75) is 32.7 Å². The van der Waals surface area contributed by atoms with Crippen LogP contribution in [0.5, 0.6) is 0 Å². The molecule has 0 spiro atoms. The maximum Gasteiger partial charge on any atom is 0.222 e.